The highest BCUT2D eigenvalue weighted by molar-refractivity contribution is 5.95. The number of urea groups is 1. The van der Waals surface area contributed by atoms with Gasteiger partial charge < -0.3 is 14.8 Å². The Morgan fingerprint density at radius 2 is 1.90 bits per heavy atom. The zero-order valence-electron chi connectivity index (χ0n) is 18.1. The van der Waals surface area contributed by atoms with Crippen molar-refractivity contribution in [3.05, 3.63) is 76.7 Å². The number of ether oxygens (including phenoxy) is 2. The van der Waals surface area contributed by atoms with Crippen molar-refractivity contribution >= 4 is 12.0 Å². The summed E-state index contributed by atoms with van der Waals surface area (Å²) in [6.45, 7) is 6.06. The summed E-state index contributed by atoms with van der Waals surface area (Å²) in [5.41, 5.74) is 2.21. The summed E-state index contributed by atoms with van der Waals surface area (Å²) in [4.78, 5) is 26.8. The minimum atomic E-state index is -0.847. The third-order valence-electron chi connectivity index (χ3n) is 5.18. The van der Waals surface area contributed by atoms with Gasteiger partial charge in [0.05, 0.1) is 23.9 Å². The number of halogens is 1. The standard InChI is InChI=1S/C24H27FN2O4/c1-5-30-23(28)21-20(14-31-19-11-9-16(10-12-19)15(2)3)27(4)24(29)26-22(21)17-7-6-8-18(25)13-17/h6-13,15,22H,5,14H2,1-4H3,(H,26,29)/t22-/m0/s1. The van der Waals surface area contributed by atoms with Crippen LogP contribution in [0, 0.1) is 5.82 Å². The molecule has 0 aliphatic carbocycles. The van der Waals surface area contributed by atoms with Crippen molar-refractivity contribution in [3.63, 3.8) is 0 Å². The van der Waals surface area contributed by atoms with E-state index in [0.29, 0.717) is 22.9 Å². The Balaban J connectivity index is 1.98. The van der Waals surface area contributed by atoms with Crippen LogP contribution in [-0.4, -0.2) is 37.2 Å². The first kappa shape index (κ1) is 22.3. The van der Waals surface area contributed by atoms with Crippen LogP contribution in [0.1, 0.15) is 43.9 Å². The van der Waals surface area contributed by atoms with Gasteiger partial charge in [0, 0.05) is 7.05 Å². The number of hydrogen-bond acceptors (Lipinski definition) is 4. The average molecular weight is 426 g/mol. The lowest BCUT2D eigenvalue weighted by Gasteiger charge is -2.34. The fraction of sp³-hybridized carbons (Fsp3) is 0.333. The van der Waals surface area contributed by atoms with E-state index in [4.69, 9.17) is 9.47 Å². The van der Waals surface area contributed by atoms with Gasteiger partial charge in [-0.15, -0.1) is 0 Å². The second kappa shape index (κ2) is 9.64. The molecule has 1 N–H and O–H groups in total. The summed E-state index contributed by atoms with van der Waals surface area (Å²) < 4.78 is 25.0. The number of carbonyl (C=O) groups excluding carboxylic acids is 2. The van der Waals surface area contributed by atoms with Crippen molar-refractivity contribution in [2.45, 2.75) is 32.7 Å². The maximum atomic E-state index is 13.8. The fourth-order valence-corrected chi connectivity index (χ4v) is 3.42. The first-order valence-electron chi connectivity index (χ1n) is 10.2. The Kier molecular flexibility index (Phi) is 6.95. The summed E-state index contributed by atoms with van der Waals surface area (Å²) in [5.74, 6) is -0.0385. The molecule has 2 amide bonds. The zero-order chi connectivity index (χ0) is 22.5. The van der Waals surface area contributed by atoms with E-state index in [-0.39, 0.29) is 18.8 Å². The Bertz CT molecular complexity index is 985. The predicted molar refractivity (Wildman–Crippen MR) is 115 cm³/mol. The summed E-state index contributed by atoms with van der Waals surface area (Å²) >= 11 is 0. The quantitative estimate of drug-likeness (QED) is 0.660. The van der Waals surface area contributed by atoms with Crippen LogP contribution in [0.2, 0.25) is 0 Å². The van der Waals surface area contributed by atoms with E-state index in [1.54, 1.807) is 20.0 Å². The molecule has 1 aliphatic heterocycles. The number of amides is 2. The van der Waals surface area contributed by atoms with Crippen LogP contribution in [0.3, 0.4) is 0 Å². The normalized spacial score (nSPS) is 16.4. The molecule has 0 bridgehead atoms. The van der Waals surface area contributed by atoms with E-state index in [0.717, 1.165) is 0 Å². The van der Waals surface area contributed by atoms with Crippen LogP contribution in [0.5, 0.6) is 5.75 Å². The van der Waals surface area contributed by atoms with E-state index in [9.17, 15) is 14.0 Å². The van der Waals surface area contributed by atoms with Crippen molar-refractivity contribution in [1.29, 1.82) is 0 Å². The topological polar surface area (TPSA) is 67.9 Å². The second-order valence-corrected chi connectivity index (χ2v) is 7.59. The van der Waals surface area contributed by atoms with Crippen molar-refractivity contribution < 1.29 is 23.5 Å². The number of rotatable bonds is 7. The van der Waals surface area contributed by atoms with Crippen molar-refractivity contribution in [2.75, 3.05) is 20.3 Å². The first-order valence-corrected chi connectivity index (χ1v) is 10.2. The molecule has 7 heteroatoms. The SMILES string of the molecule is CCOC(=O)C1=C(COc2ccc(C(C)C)cc2)N(C)C(=O)N[C@H]1c1cccc(F)c1. The molecule has 0 radical (unpaired) electrons. The molecule has 0 fully saturated rings. The smallest absolute Gasteiger partial charge is 0.338 e. The van der Waals surface area contributed by atoms with Crippen molar-refractivity contribution in [1.82, 2.24) is 10.2 Å². The second-order valence-electron chi connectivity index (χ2n) is 7.59. The van der Waals surface area contributed by atoms with Crippen LogP contribution in [0.4, 0.5) is 9.18 Å². The van der Waals surface area contributed by atoms with Gasteiger partial charge in [-0.3, -0.25) is 4.90 Å². The molecule has 31 heavy (non-hydrogen) atoms. The number of esters is 1. The van der Waals surface area contributed by atoms with Gasteiger partial charge in [-0.1, -0.05) is 38.1 Å². The number of nitrogens with zero attached hydrogens (tertiary/aromatic N) is 1. The van der Waals surface area contributed by atoms with E-state index >= 15 is 0 Å². The fourth-order valence-electron chi connectivity index (χ4n) is 3.42. The van der Waals surface area contributed by atoms with Crippen LogP contribution in [-0.2, 0) is 9.53 Å². The van der Waals surface area contributed by atoms with Crippen LogP contribution in [0.25, 0.3) is 0 Å². The van der Waals surface area contributed by atoms with E-state index in [1.165, 1.54) is 28.7 Å². The molecule has 1 aliphatic rings. The summed E-state index contributed by atoms with van der Waals surface area (Å²) in [5, 5.41) is 2.75. The molecular formula is C24H27FN2O4. The van der Waals surface area contributed by atoms with E-state index < -0.39 is 23.9 Å². The third kappa shape index (κ3) is 5.05. The molecule has 2 aromatic carbocycles. The molecular weight excluding hydrogens is 399 g/mol. The lowest BCUT2D eigenvalue weighted by molar-refractivity contribution is -0.139. The maximum absolute atomic E-state index is 13.8. The summed E-state index contributed by atoms with van der Waals surface area (Å²) in [6.07, 6.45) is 0. The molecule has 0 spiro atoms. The molecule has 0 aromatic heterocycles. The molecule has 0 saturated heterocycles. The minimum Gasteiger partial charge on any atom is -0.487 e. The largest absolute Gasteiger partial charge is 0.487 e. The minimum absolute atomic E-state index is 0.0229. The van der Waals surface area contributed by atoms with Gasteiger partial charge in [0.1, 0.15) is 18.2 Å². The average Bonchev–Trinajstić information content (AvgIpc) is 2.74. The lowest BCUT2D eigenvalue weighted by atomic mass is 9.94. The Labute approximate surface area is 181 Å². The monoisotopic (exact) mass is 426 g/mol. The van der Waals surface area contributed by atoms with Crippen LogP contribution < -0.4 is 10.1 Å². The molecule has 1 heterocycles. The highest BCUT2D eigenvalue weighted by atomic mass is 19.1. The molecule has 0 unspecified atom stereocenters. The Morgan fingerprint density at radius 1 is 1.19 bits per heavy atom. The maximum Gasteiger partial charge on any atom is 0.338 e. The summed E-state index contributed by atoms with van der Waals surface area (Å²) in [6, 6.07) is 12.2. The molecule has 0 saturated carbocycles. The molecule has 6 nitrogen and oxygen atoms in total. The van der Waals surface area contributed by atoms with Crippen molar-refractivity contribution in [2.24, 2.45) is 0 Å². The van der Waals surface area contributed by atoms with Gasteiger partial charge >= 0.3 is 12.0 Å². The van der Waals surface area contributed by atoms with E-state index in [1.807, 2.05) is 24.3 Å². The number of benzene rings is 2. The lowest BCUT2D eigenvalue weighted by Crippen LogP contribution is -2.48. The van der Waals surface area contributed by atoms with E-state index in [2.05, 4.69) is 19.2 Å². The highest BCUT2D eigenvalue weighted by Crippen LogP contribution is 2.32. The van der Waals surface area contributed by atoms with Gasteiger partial charge in [-0.25, -0.2) is 14.0 Å². The van der Waals surface area contributed by atoms with Crippen molar-refractivity contribution in [3.8, 4) is 5.75 Å². The molecule has 1 atom stereocenters. The third-order valence-corrected chi connectivity index (χ3v) is 5.18. The predicted octanol–water partition coefficient (Wildman–Crippen LogP) is 4.54. The Hall–Kier alpha value is -3.35. The number of carbonyl (C=O) groups is 2. The van der Waals surface area contributed by atoms with Crippen LogP contribution in [0.15, 0.2) is 59.8 Å². The number of likely N-dealkylation sites (N-methyl/N-ethyl adjacent to an activating group) is 1. The number of hydrogen-bond donors (Lipinski definition) is 1. The molecule has 2 aromatic rings. The molecule has 164 valence electrons. The molecule has 3 rings (SSSR count). The van der Waals surface area contributed by atoms with Gasteiger partial charge in [0.15, 0.2) is 0 Å². The first-order chi connectivity index (χ1) is 14.8. The number of nitrogens with one attached hydrogen (secondary N) is 1. The Morgan fingerprint density at radius 3 is 2.52 bits per heavy atom. The zero-order valence-corrected chi connectivity index (χ0v) is 18.1. The van der Waals surface area contributed by atoms with Gasteiger partial charge in [-0.2, -0.15) is 0 Å². The van der Waals surface area contributed by atoms with Gasteiger partial charge in [-0.05, 0) is 48.2 Å². The van der Waals surface area contributed by atoms with Gasteiger partial charge in [0.25, 0.3) is 0 Å². The highest BCUT2D eigenvalue weighted by Gasteiger charge is 2.37. The summed E-state index contributed by atoms with van der Waals surface area (Å²) in [7, 11) is 1.55. The van der Waals surface area contributed by atoms with Gasteiger partial charge in [0.2, 0.25) is 0 Å². The van der Waals surface area contributed by atoms with Crippen LogP contribution >= 0.6 is 0 Å².